The summed E-state index contributed by atoms with van der Waals surface area (Å²) in [7, 11) is 1.30. The molecule has 1 rings (SSSR count). The van der Waals surface area contributed by atoms with Crippen LogP contribution in [0, 0.1) is 0 Å². The van der Waals surface area contributed by atoms with Gasteiger partial charge in [-0.3, -0.25) is 9.78 Å². The first-order valence-corrected chi connectivity index (χ1v) is 5.01. The van der Waals surface area contributed by atoms with Crippen molar-refractivity contribution in [2.75, 3.05) is 13.7 Å². The molecule has 0 spiro atoms. The molecule has 0 radical (unpaired) electrons. The molecule has 0 unspecified atom stereocenters. The van der Waals surface area contributed by atoms with Crippen molar-refractivity contribution in [3.05, 3.63) is 29.6 Å². The van der Waals surface area contributed by atoms with Crippen molar-refractivity contribution in [1.82, 2.24) is 10.3 Å². The highest BCUT2D eigenvalue weighted by atomic mass is 16.5. The third kappa shape index (κ3) is 3.05. The molecule has 0 aliphatic heterocycles. The lowest BCUT2D eigenvalue weighted by atomic mass is 10.2. The molecule has 0 atom stereocenters. The van der Waals surface area contributed by atoms with Crippen molar-refractivity contribution in [2.24, 2.45) is 0 Å². The summed E-state index contributed by atoms with van der Waals surface area (Å²) in [4.78, 5) is 26.5. The molecule has 1 aromatic heterocycles. The van der Waals surface area contributed by atoms with Crippen molar-refractivity contribution in [3.63, 3.8) is 0 Å². The molecule has 5 heteroatoms. The van der Waals surface area contributed by atoms with E-state index in [-0.39, 0.29) is 5.91 Å². The lowest BCUT2D eigenvalue weighted by molar-refractivity contribution is 0.0599. The molecule has 0 fully saturated rings. The molecule has 16 heavy (non-hydrogen) atoms. The summed E-state index contributed by atoms with van der Waals surface area (Å²) in [5, 5.41) is 2.69. The van der Waals surface area contributed by atoms with E-state index >= 15 is 0 Å². The van der Waals surface area contributed by atoms with E-state index in [0.29, 0.717) is 17.8 Å². The number of aromatic nitrogens is 1. The molecule has 0 saturated heterocycles. The predicted octanol–water partition coefficient (Wildman–Crippen LogP) is 1.01. The van der Waals surface area contributed by atoms with E-state index in [9.17, 15) is 9.59 Å². The van der Waals surface area contributed by atoms with Crippen LogP contribution in [0.25, 0.3) is 0 Å². The Kier molecular flexibility index (Phi) is 4.44. The minimum Gasteiger partial charge on any atom is -0.465 e. The third-order valence-corrected chi connectivity index (χ3v) is 1.95. The van der Waals surface area contributed by atoms with E-state index in [4.69, 9.17) is 0 Å². The average Bonchev–Trinajstić information content (AvgIpc) is 2.35. The molecule has 0 aliphatic carbocycles. The molecule has 0 bridgehead atoms. The molecule has 86 valence electrons. The van der Waals surface area contributed by atoms with Crippen molar-refractivity contribution in [2.45, 2.75) is 13.3 Å². The van der Waals surface area contributed by atoms with Gasteiger partial charge in [-0.2, -0.15) is 0 Å². The number of nitrogens with one attached hydrogen (secondary N) is 1. The zero-order valence-electron chi connectivity index (χ0n) is 9.32. The first kappa shape index (κ1) is 12.2. The number of carbonyl (C=O) groups excluding carboxylic acids is 2. The van der Waals surface area contributed by atoms with Gasteiger partial charge in [0.2, 0.25) is 0 Å². The molecule has 0 aromatic carbocycles. The Morgan fingerprint density at radius 3 is 2.69 bits per heavy atom. The fourth-order valence-electron chi connectivity index (χ4n) is 1.10. The van der Waals surface area contributed by atoms with Gasteiger partial charge < -0.3 is 10.1 Å². The van der Waals surface area contributed by atoms with Crippen LogP contribution in [0.5, 0.6) is 0 Å². The predicted molar refractivity (Wildman–Crippen MR) is 58.2 cm³/mol. The molecule has 1 aromatic rings. The molecular weight excluding hydrogens is 208 g/mol. The second-order valence-electron chi connectivity index (χ2n) is 3.18. The highest BCUT2D eigenvalue weighted by molar-refractivity contribution is 5.94. The first-order chi connectivity index (χ1) is 7.69. The maximum atomic E-state index is 11.5. The van der Waals surface area contributed by atoms with Crippen molar-refractivity contribution < 1.29 is 14.3 Å². The van der Waals surface area contributed by atoms with Gasteiger partial charge in [-0.05, 0) is 18.6 Å². The van der Waals surface area contributed by atoms with Crippen LogP contribution in [-0.4, -0.2) is 30.5 Å². The Hall–Kier alpha value is -1.91. The maximum absolute atomic E-state index is 11.5. The van der Waals surface area contributed by atoms with Crippen LogP contribution in [0.3, 0.4) is 0 Å². The number of pyridine rings is 1. The molecule has 1 N–H and O–H groups in total. The van der Waals surface area contributed by atoms with E-state index in [2.05, 4.69) is 15.0 Å². The molecule has 0 aliphatic rings. The Balaban J connectivity index is 2.71. The summed E-state index contributed by atoms with van der Waals surface area (Å²) >= 11 is 0. The summed E-state index contributed by atoms with van der Waals surface area (Å²) in [6.07, 6.45) is 2.19. The van der Waals surface area contributed by atoms with E-state index in [1.807, 2.05) is 6.92 Å². The van der Waals surface area contributed by atoms with Gasteiger partial charge in [-0.1, -0.05) is 6.92 Å². The van der Waals surface area contributed by atoms with Crippen LogP contribution in [-0.2, 0) is 4.74 Å². The minimum atomic E-state index is -0.465. The number of amides is 1. The zero-order valence-corrected chi connectivity index (χ0v) is 9.32. The van der Waals surface area contributed by atoms with Crippen LogP contribution in [0.15, 0.2) is 18.3 Å². The molecule has 0 saturated carbocycles. The second kappa shape index (κ2) is 5.85. The fraction of sp³-hybridized carbons (Fsp3) is 0.364. The summed E-state index contributed by atoms with van der Waals surface area (Å²) < 4.78 is 4.52. The van der Waals surface area contributed by atoms with Gasteiger partial charge in [0.25, 0.3) is 5.91 Å². The number of esters is 1. The highest BCUT2D eigenvalue weighted by Crippen LogP contribution is 2.01. The minimum absolute atomic E-state index is 0.238. The van der Waals surface area contributed by atoms with Gasteiger partial charge in [0, 0.05) is 12.7 Å². The van der Waals surface area contributed by atoms with Gasteiger partial charge in [0.15, 0.2) is 0 Å². The normalized spacial score (nSPS) is 9.62. The topological polar surface area (TPSA) is 68.3 Å². The second-order valence-corrected chi connectivity index (χ2v) is 3.18. The quantitative estimate of drug-likeness (QED) is 0.772. The average molecular weight is 222 g/mol. The van der Waals surface area contributed by atoms with Gasteiger partial charge in [0.05, 0.1) is 12.7 Å². The number of nitrogens with zero attached hydrogens (tertiary/aromatic N) is 1. The van der Waals surface area contributed by atoms with Gasteiger partial charge in [-0.25, -0.2) is 4.79 Å². The number of ether oxygens (including phenoxy) is 1. The van der Waals surface area contributed by atoms with Crippen LogP contribution in [0.1, 0.15) is 34.2 Å². The van der Waals surface area contributed by atoms with Crippen molar-refractivity contribution in [1.29, 1.82) is 0 Å². The van der Waals surface area contributed by atoms with E-state index in [1.54, 1.807) is 0 Å². The Labute approximate surface area is 93.8 Å². The molecule has 1 amide bonds. The van der Waals surface area contributed by atoms with Gasteiger partial charge in [0.1, 0.15) is 5.69 Å². The monoisotopic (exact) mass is 222 g/mol. The standard InChI is InChI=1S/C11H14N2O3/c1-3-6-12-10(14)9-5-4-8(7-13-9)11(15)16-2/h4-5,7H,3,6H2,1-2H3,(H,12,14). The molecular formula is C11H14N2O3. The van der Waals surface area contributed by atoms with Crippen molar-refractivity contribution in [3.8, 4) is 0 Å². The Morgan fingerprint density at radius 2 is 2.19 bits per heavy atom. The molecule has 1 heterocycles. The maximum Gasteiger partial charge on any atom is 0.339 e. The fourth-order valence-corrected chi connectivity index (χ4v) is 1.10. The SMILES string of the molecule is CCCNC(=O)c1ccc(C(=O)OC)cn1. The largest absolute Gasteiger partial charge is 0.465 e. The van der Waals surface area contributed by atoms with Crippen molar-refractivity contribution >= 4 is 11.9 Å². The van der Waals surface area contributed by atoms with Crippen LogP contribution < -0.4 is 5.32 Å². The summed E-state index contributed by atoms with van der Waals surface area (Å²) in [5.41, 5.74) is 0.621. The number of methoxy groups -OCH3 is 1. The Morgan fingerprint density at radius 1 is 1.44 bits per heavy atom. The number of carbonyl (C=O) groups is 2. The van der Waals surface area contributed by atoms with Crippen LogP contribution >= 0.6 is 0 Å². The van der Waals surface area contributed by atoms with Gasteiger partial charge in [-0.15, -0.1) is 0 Å². The smallest absolute Gasteiger partial charge is 0.339 e. The number of hydrogen-bond acceptors (Lipinski definition) is 4. The summed E-state index contributed by atoms with van der Waals surface area (Å²) in [6.45, 7) is 2.58. The van der Waals surface area contributed by atoms with Gasteiger partial charge >= 0.3 is 5.97 Å². The third-order valence-electron chi connectivity index (χ3n) is 1.95. The van der Waals surface area contributed by atoms with E-state index < -0.39 is 5.97 Å². The first-order valence-electron chi connectivity index (χ1n) is 5.01. The van der Waals surface area contributed by atoms with E-state index in [1.165, 1.54) is 25.4 Å². The molecule has 5 nitrogen and oxygen atoms in total. The van der Waals surface area contributed by atoms with E-state index in [0.717, 1.165) is 6.42 Å². The summed E-state index contributed by atoms with van der Waals surface area (Å²) in [6, 6.07) is 3.01. The highest BCUT2D eigenvalue weighted by Gasteiger charge is 2.09. The lowest BCUT2D eigenvalue weighted by Crippen LogP contribution is -2.25. The van der Waals surface area contributed by atoms with Crippen LogP contribution in [0.4, 0.5) is 0 Å². The summed E-state index contributed by atoms with van der Waals surface area (Å²) in [5.74, 6) is -0.703. The number of hydrogen-bond donors (Lipinski definition) is 1. The zero-order chi connectivity index (χ0) is 12.0. The number of rotatable bonds is 4. The van der Waals surface area contributed by atoms with Crippen LogP contribution in [0.2, 0.25) is 0 Å². The Bertz CT molecular complexity index is 373. The lowest BCUT2D eigenvalue weighted by Gasteiger charge is -2.03.